The van der Waals surface area contributed by atoms with Gasteiger partial charge in [-0.2, -0.15) is 0 Å². The van der Waals surface area contributed by atoms with Crippen LogP contribution in [-0.2, 0) is 9.47 Å². The van der Waals surface area contributed by atoms with Crippen LogP contribution in [0.1, 0.15) is 34.1 Å². The third kappa shape index (κ3) is 5.92. The zero-order valence-corrected chi connectivity index (χ0v) is 13.1. The summed E-state index contributed by atoms with van der Waals surface area (Å²) in [6.07, 6.45) is 2.42. The summed E-state index contributed by atoms with van der Waals surface area (Å²) in [6, 6.07) is 0.357. The Labute approximate surface area is 122 Å². The van der Waals surface area contributed by atoms with Crippen molar-refractivity contribution in [2.24, 2.45) is 0 Å². The summed E-state index contributed by atoms with van der Waals surface area (Å²) < 4.78 is 11.0. The van der Waals surface area contributed by atoms with Gasteiger partial charge in [-0.3, -0.25) is 0 Å². The summed E-state index contributed by atoms with van der Waals surface area (Å²) in [7, 11) is 0. The number of nitrogens with one attached hydrogen (secondary N) is 1. The highest BCUT2D eigenvalue weighted by Gasteiger charge is 2.31. The molecular weight excluding hydrogens is 256 g/mol. The van der Waals surface area contributed by atoms with E-state index in [0.29, 0.717) is 25.8 Å². The summed E-state index contributed by atoms with van der Waals surface area (Å²) in [5.41, 5.74) is -0.466. The average Bonchev–Trinajstić information content (AvgIpc) is 2.35. The molecule has 0 aliphatic carbocycles. The molecular formula is C15H28N2O3. The largest absolute Gasteiger partial charge is 0.444 e. The van der Waals surface area contributed by atoms with Gasteiger partial charge in [-0.15, -0.1) is 6.58 Å². The van der Waals surface area contributed by atoms with E-state index in [4.69, 9.17) is 9.47 Å². The summed E-state index contributed by atoms with van der Waals surface area (Å²) in [5.74, 6) is 0. The fourth-order valence-corrected chi connectivity index (χ4v) is 2.19. The van der Waals surface area contributed by atoms with Gasteiger partial charge in [-0.1, -0.05) is 6.08 Å². The molecule has 1 saturated heterocycles. The molecule has 0 aromatic rings. The van der Waals surface area contributed by atoms with Gasteiger partial charge in [0.15, 0.2) is 0 Å². The Morgan fingerprint density at radius 2 is 2.30 bits per heavy atom. The number of ether oxygens (including phenoxy) is 2. The van der Waals surface area contributed by atoms with Crippen molar-refractivity contribution in [3.63, 3.8) is 0 Å². The Bertz CT molecular complexity index is 326. The molecule has 1 fully saturated rings. The lowest BCUT2D eigenvalue weighted by Gasteiger charge is -2.37. The van der Waals surface area contributed by atoms with Gasteiger partial charge in [-0.05, 0) is 34.1 Å². The van der Waals surface area contributed by atoms with E-state index in [1.807, 2.05) is 26.8 Å². The molecule has 1 aliphatic heterocycles. The highest BCUT2D eigenvalue weighted by atomic mass is 16.6. The normalized spacial score (nSPS) is 21.4. The van der Waals surface area contributed by atoms with Gasteiger partial charge in [0.1, 0.15) is 5.60 Å². The third-order valence-corrected chi connectivity index (χ3v) is 3.09. The standard InChI is InChI=1S/C15H28N2O3/c1-6-7-16-12(2)10-13-11-19-9-8-17(13)14(18)20-15(3,4)5/h6,12-13,16H,1,7-11H2,2-5H3. The van der Waals surface area contributed by atoms with Crippen LogP contribution < -0.4 is 5.32 Å². The Balaban J connectivity index is 2.57. The average molecular weight is 284 g/mol. The predicted molar refractivity (Wildman–Crippen MR) is 79.8 cm³/mol. The molecule has 1 rings (SSSR count). The van der Waals surface area contributed by atoms with E-state index in [9.17, 15) is 4.79 Å². The monoisotopic (exact) mass is 284 g/mol. The molecule has 0 spiro atoms. The van der Waals surface area contributed by atoms with E-state index in [1.54, 1.807) is 4.90 Å². The lowest BCUT2D eigenvalue weighted by Crippen LogP contribution is -2.52. The molecule has 2 atom stereocenters. The molecule has 1 aliphatic rings. The van der Waals surface area contributed by atoms with E-state index >= 15 is 0 Å². The summed E-state index contributed by atoms with van der Waals surface area (Å²) in [4.78, 5) is 14.0. The molecule has 1 heterocycles. The number of hydrogen-bond acceptors (Lipinski definition) is 4. The molecule has 1 amide bonds. The van der Waals surface area contributed by atoms with Crippen molar-refractivity contribution in [3.8, 4) is 0 Å². The van der Waals surface area contributed by atoms with Crippen LogP contribution in [0.2, 0.25) is 0 Å². The van der Waals surface area contributed by atoms with Gasteiger partial charge in [-0.25, -0.2) is 4.79 Å². The van der Waals surface area contributed by atoms with Crippen LogP contribution in [0.15, 0.2) is 12.7 Å². The maximum absolute atomic E-state index is 12.2. The van der Waals surface area contributed by atoms with Crippen molar-refractivity contribution in [1.29, 1.82) is 0 Å². The third-order valence-electron chi connectivity index (χ3n) is 3.09. The first kappa shape index (κ1) is 17.0. The fourth-order valence-electron chi connectivity index (χ4n) is 2.19. The molecule has 0 aromatic carbocycles. The minimum absolute atomic E-state index is 0.0610. The molecule has 20 heavy (non-hydrogen) atoms. The first-order valence-corrected chi connectivity index (χ1v) is 7.25. The molecule has 1 N–H and O–H groups in total. The number of carbonyl (C=O) groups excluding carboxylic acids is 1. The minimum Gasteiger partial charge on any atom is -0.444 e. The summed E-state index contributed by atoms with van der Waals surface area (Å²) in [5, 5.41) is 3.33. The Morgan fingerprint density at radius 1 is 1.60 bits per heavy atom. The zero-order valence-electron chi connectivity index (χ0n) is 13.1. The van der Waals surface area contributed by atoms with E-state index < -0.39 is 5.60 Å². The van der Waals surface area contributed by atoms with Crippen LogP contribution in [0.25, 0.3) is 0 Å². The van der Waals surface area contributed by atoms with Gasteiger partial charge < -0.3 is 19.7 Å². The SMILES string of the molecule is C=CCNC(C)CC1COCCN1C(=O)OC(C)(C)C. The zero-order chi connectivity index (χ0) is 15.2. The second-order valence-corrected chi connectivity index (χ2v) is 6.24. The minimum atomic E-state index is -0.466. The van der Waals surface area contributed by atoms with Crippen molar-refractivity contribution < 1.29 is 14.3 Å². The fraction of sp³-hybridized carbons (Fsp3) is 0.800. The number of carbonyl (C=O) groups is 1. The lowest BCUT2D eigenvalue weighted by molar-refractivity contribution is -0.0355. The molecule has 0 saturated carbocycles. The molecule has 5 heteroatoms. The number of rotatable bonds is 5. The first-order valence-electron chi connectivity index (χ1n) is 7.25. The second-order valence-electron chi connectivity index (χ2n) is 6.24. The van der Waals surface area contributed by atoms with Crippen molar-refractivity contribution in [3.05, 3.63) is 12.7 Å². The maximum Gasteiger partial charge on any atom is 0.410 e. The predicted octanol–water partition coefficient (Wildman–Crippen LogP) is 2.18. The van der Waals surface area contributed by atoms with Gasteiger partial charge in [0.05, 0.1) is 19.3 Å². The van der Waals surface area contributed by atoms with Crippen LogP contribution in [0.5, 0.6) is 0 Å². The highest BCUT2D eigenvalue weighted by molar-refractivity contribution is 5.68. The second kappa shape index (κ2) is 7.64. The van der Waals surface area contributed by atoms with Crippen LogP contribution in [-0.4, -0.2) is 55.0 Å². The maximum atomic E-state index is 12.2. The topological polar surface area (TPSA) is 50.8 Å². The Hall–Kier alpha value is -1.07. The first-order chi connectivity index (χ1) is 9.33. The van der Waals surface area contributed by atoms with Crippen molar-refractivity contribution in [2.45, 2.75) is 51.8 Å². The molecule has 0 radical (unpaired) electrons. The molecule has 2 unspecified atom stereocenters. The van der Waals surface area contributed by atoms with Crippen molar-refractivity contribution in [2.75, 3.05) is 26.3 Å². The number of nitrogens with zero attached hydrogens (tertiary/aromatic N) is 1. The van der Waals surface area contributed by atoms with E-state index in [0.717, 1.165) is 13.0 Å². The number of morpholine rings is 1. The van der Waals surface area contributed by atoms with Crippen molar-refractivity contribution >= 4 is 6.09 Å². The Morgan fingerprint density at radius 3 is 2.90 bits per heavy atom. The molecule has 0 aromatic heterocycles. The van der Waals surface area contributed by atoms with Gasteiger partial charge in [0.2, 0.25) is 0 Å². The van der Waals surface area contributed by atoms with Gasteiger partial charge in [0.25, 0.3) is 0 Å². The van der Waals surface area contributed by atoms with Crippen LogP contribution in [0, 0.1) is 0 Å². The molecule has 0 bridgehead atoms. The molecule has 5 nitrogen and oxygen atoms in total. The number of amides is 1. The quantitative estimate of drug-likeness (QED) is 0.786. The lowest BCUT2D eigenvalue weighted by atomic mass is 10.1. The molecule has 116 valence electrons. The van der Waals surface area contributed by atoms with Gasteiger partial charge >= 0.3 is 6.09 Å². The highest BCUT2D eigenvalue weighted by Crippen LogP contribution is 2.17. The van der Waals surface area contributed by atoms with Crippen LogP contribution >= 0.6 is 0 Å². The van der Waals surface area contributed by atoms with Crippen LogP contribution in [0.4, 0.5) is 4.79 Å². The Kier molecular flexibility index (Phi) is 6.49. The van der Waals surface area contributed by atoms with E-state index in [2.05, 4.69) is 18.8 Å². The summed E-state index contributed by atoms with van der Waals surface area (Å²) >= 11 is 0. The van der Waals surface area contributed by atoms with E-state index in [-0.39, 0.29) is 12.1 Å². The summed E-state index contributed by atoms with van der Waals surface area (Å²) in [6.45, 7) is 13.9. The van der Waals surface area contributed by atoms with Crippen molar-refractivity contribution in [1.82, 2.24) is 10.2 Å². The van der Waals surface area contributed by atoms with Gasteiger partial charge in [0, 0.05) is 19.1 Å². The van der Waals surface area contributed by atoms with Crippen LogP contribution in [0.3, 0.4) is 0 Å². The number of hydrogen-bond donors (Lipinski definition) is 1. The smallest absolute Gasteiger partial charge is 0.410 e. The van der Waals surface area contributed by atoms with E-state index in [1.165, 1.54) is 0 Å².